The van der Waals surface area contributed by atoms with E-state index < -0.39 is 0 Å². The van der Waals surface area contributed by atoms with Crippen molar-refractivity contribution in [3.63, 3.8) is 0 Å². The molecule has 4 nitrogen and oxygen atoms in total. The topological polar surface area (TPSA) is 59.9 Å². The van der Waals surface area contributed by atoms with Gasteiger partial charge in [-0.3, -0.25) is 9.59 Å². The molecule has 0 saturated heterocycles. The zero-order valence-corrected chi connectivity index (χ0v) is 18.3. The summed E-state index contributed by atoms with van der Waals surface area (Å²) >= 11 is 0. The number of benzene rings is 4. The molecular weight excluding hydrogens is 420 g/mol. The lowest BCUT2D eigenvalue weighted by Crippen LogP contribution is -2.17. The molecule has 5 aromatic rings. The lowest BCUT2D eigenvalue weighted by molar-refractivity contribution is 0.100. The standard InChI is InChI=1S/C30H20N2O2/c33-29(23-17-9-3-10-18-23)25-26(30(34)24-19-11-4-12-20-24)28(22-15-7-2-8-16-22)32-31-27(25)21-13-5-1-6-14-21/h1-20H. The van der Waals surface area contributed by atoms with E-state index in [9.17, 15) is 9.59 Å². The predicted molar refractivity (Wildman–Crippen MR) is 133 cm³/mol. The largest absolute Gasteiger partial charge is 0.288 e. The van der Waals surface area contributed by atoms with Crippen molar-refractivity contribution in [3.8, 4) is 22.5 Å². The SMILES string of the molecule is O=C(c1ccccc1)c1c(-c2ccccc2)nnc(-c2ccccc2)c1C(=O)c1ccccc1. The van der Waals surface area contributed by atoms with Crippen LogP contribution in [-0.2, 0) is 0 Å². The van der Waals surface area contributed by atoms with Gasteiger partial charge < -0.3 is 0 Å². The van der Waals surface area contributed by atoms with Gasteiger partial charge in [-0.15, -0.1) is 10.2 Å². The molecule has 0 radical (unpaired) electrons. The third-order valence-corrected chi connectivity index (χ3v) is 5.59. The van der Waals surface area contributed by atoms with Gasteiger partial charge in [-0.25, -0.2) is 0 Å². The molecule has 0 saturated carbocycles. The summed E-state index contributed by atoms with van der Waals surface area (Å²) in [6, 6.07) is 36.7. The van der Waals surface area contributed by atoms with Gasteiger partial charge in [0, 0.05) is 22.3 Å². The van der Waals surface area contributed by atoms with Crippen LogP contribution in [0, 0.1) is 0 Å². The molecule has 0 aliphatic carbocycles. The molecule has 1 aromatic heterocycles. The number of aromatic nitrogens is 2. The Kier molecular flexibility index (Phi) is 5.87. The van der Waals surface area contributed by atoms with Crippen LogP contribution in [-0.4, -0.2) is 21.8 Å². The Bertz CT molecular complexity index is 1340. The van der Waals surface area contributed by atoms with Crippen LogP contribution in [0.2, 0.25) is 0 Å². The Morgan fingerprint density at radius 2 is 0.706 bits per heavy atom. The van der Waals surface area contributed by atoms with Crippen molar-refractivity contribution in [1.82, 2.24) is 10.2 Å². The minimum atomic E-state index is -0.272. The van der Waals surface area contributed by atoms with E-state index in [0.29, 0.717) is 22.5 Å². The minimum absolute atomic E-state index is 0.250. The Balaban J connectivity index is 1.86. The third-order valence-electron chi connectivity index (χ3n) is 5.59. The Hall–Kier alpha value is -4.70. The van der Waals surface area contributed by atoms with Gasteiger partial charge in [-0.1, -0.05) is 121 Å². The van der Waals surface area contributed by atoms with E-state index in [0.717, 1.165) is 11.1 Å². The van der Waals surface area contributed by atoms with Crippen molar-refractivity contribution in [2.24, 2.45) is 0 Å². The van der Waals surface area contributed by atoms with Crippen molar-refractivity contribution >= 4 is 11.6 Å². The van der Waals surface area contributed by atoms with E-state index in [1.54, 1.807) is 48.5 Å². The summed E-state index contributed by atoms with van der Waals surface area (Å²) in [5.74, 6) is -0.545. The molecular formula is C30H20N2O2. The van der Waals surface area contributed by atoms with Crippen molar-refractivity contribution in [2.45, 2.75) is 0 Å². The molecule has 0 fully saturated rings. The number of hydrogen-bond donors (Lipinski definition) is 0. The first kappa shape index (κ1) is 21.2. The molecule has 34 heavy (non-hydrogen) atoms. The highest BCUT2D eigenvalue weighted by atomic mass is 16.1. The van der Waals surface area contributed by atoms with E-state index in [1.807, 2.05) is 72.8 Å². The van der Waals surface area contributed by atoms with Gasteiger partial charge in [0.2, 0.25) is 0 Å². The molecule has 4 heteroatoms. The molecule has 0 aliphatic rings. The smallest absolute Gasteiger partial charge is 0.196 e. The fraction of sp³-hybridized carbons (Fsp3) is 0. The van der Waals surface area contributed by atoms with Gasteiger partial charge in [-0.2, -0.15) is 0 Å². The summed E-state index contributed by atoms with van der Waals surface area (Å²) in [6.45, 7) is 0. The predicted octanol–water partition coefficient (Wildman–Crippen LogP) is 6.27. The van der Waals surface area contributed by atoms with Gasteiger partial charge >= 0.3 is 0 Å². The second-order valence-corrected chi connectivity index (χ2v) is 7.77. The fourth-order valence-electron chi connectivity index (χ4n) is 3.94. The van der Waals surface area contributed by atoms with Crippen molar-refractivity contribution in [1.29, 1.82) is 0 Å². The fourth-order valence-corrected chi connectivity index (χ4v) is 3.94. The van der Waals surface area contributed by atoms with E-state index in [-0.39, 0.29) is 22.7 Å². The molecule has 1 heterocycles. The Labute approximate surface area is 197 Å². The minimum Gasteiger partial charge on any atom is -0.288 e. The number of carbonyl (C=O) groups excluding carboxylic acids is 2. The average molecular weight is 441 g/mol. The van der Waals surface area contributed by atoms with Crippen molar-refractivity contribution in [2.75, 3.05) is 0 Å². The first-order chi connectivity index (χ1) is 16.7. The quantitative estimate of drug-likeness (QED) is 0.292. The Morgan fingerprint density at radius 3 is 1.03 bits per heavy atom. The van der Waals surface area contributed by atoms with Crippen LogP contribution < -0.4 is 0 Å². The van der Waals surface area contributed by atoms with Gasteiger partial charge in [0.15, 0.2) is 11.6 Å². The first-order valence-electron chi connectivity index (χ1n) is 10.9. The van der Waals surface area contributed by atoms with E-state index >= 15 is 0 Å². The number of rotatable bonds is 6. The molecule has 0 amide bonds. The summed E-state index contributed by atoms with van der Waals surface area (Å²) in [5.41, 5.74) is 3.66. The summed E-state index contributed by atoms with van der Waals surface area (Å²) in [5, 5.41) is 8.97. The molecule has 0 N–H and O–H groups in total. The van der Waals surface area contributed by atoms with Gasteiger partial charge in [0.05, 0.1) is 11.1 Å². The third kappa shape index (κ3) is 4.05. The second-order valence-electron chi connectivity index (χ2n) is 7.77. The van der Waals surface area contributed by atoms with Crippen LogP contribution in [0.25, 0.3) is 22.5 Å². The van der Waals surface area contributed by atoms with Crippen molar-refractivity contribution in [3.05, 3.63) is 144 Å². The number of hydrogen-bond acceptors (Lipinski definition) is 4. The monoisotopic (exact) mass is 440 g/mol. The summed E-state index contributed by atoms with van der Waals surface area (Å²) in [7, 11) is 0. The number of carbonyl (C=O) groups is 2. The highest BCUT2D eigenvalue weighted by molar-refractivity contribution is 6.23. The van der Waals surface area contributed by atoms with E-state index in [4.69, 9.17) is 0 Å². The second kappa shape index (κ2) is 9.43. The van der Waals surface area contributed by atoms with Gasteiger partial charge in [0.25, 0.3) is 0 Å². The molecule has 0 bridgehead atoms. The lowest BCUT2D eigenvalue weighted by atomic mass is 9.88. The highest BCUT2D eigenvalue weighted by Gasteiger charge is 2.29. The normalized spacial score (nSPS) is 10.6. The zero-order valence-electron chi connectivity index (χ0n) is 18.3. The average Bonchev–Trinajstić information content (AvgIpc) is 2.93. The molecule has 4 aromatic carbocycles. The highest BCUT2D eigenvalue weighted by Crippen LogP contribution is 2.33. The van der Waals surface area contributed by atoms with Crippen LogP contribution >= 0.6 is 0 Å². The van der Waals surface area contributed by atoms with E-state index in [1.165, 1.54) is 0 Å². The molecule has 0 atom stereocenters. The molecule has 0 spiro atoms. The van der Waals surface area contributed by atoms with Crippen LogP contribution in [0.15, 0.2) is 121 Å². The summed E-state index contributed by atoms with van der Waals surface area (Å²) < 4.78 is 0. The van der Waals surface area contributed by atoms with Crippen LogP contribution in [0.5, 0.6) is 0 Å². The van der Waals surface area contributed by atoms with E-state index in [2.05, 4.69) is 10.2 Å². The van der Waals surface area contributed by atoms with Gasteiger partial charge in [-0.05, 0) is 0 Å². The van der Waals surface area contributed by atoms with Crippen LogP contribution in [0.4, 0.5) is 0 Å². The maximum atomic E-state index is 14.0. The van der Waals surface area contributed by atoms with Crippen LogP contribution in [0.3, 0.4) is 0 Å². The summed E-state index contributed by atoms with van der Waals surface area (Å²) in [4.78, 5) is 27.9. The van der Waals surface area contributed by atoms with Crippen LogP contribution in [0.1, 0.15) is 31.8 Å². The van der Waals surface area contributed by atoms with Crippen molar-refractivity contribution < 1.29 is 9.59 Å². The first-order valence-corrected chi connectivity index (χ1v) is 10.9. The zero-order chi connectivity index (χ0) is 23.3. The molecule has 0 unspecified atom stereocenters. The maximum Gasteiger partial charge on any atom is 0.196 e. The lowest BCUT2D eigenvalue weighted by Gasteiger charge is -2.16. The maximum absolute atomic E-state index is 14.0. The molecule has 0 aliphatic heterocycles. The number of ketones is 2. The molecule has 5 rings (SSSR count). The number of nitrogens with zero attached hydrogens (tertiary/aromatic N) is 2. The molecule has 162 valence electrons. The van der Waals surface area contributed by atoms with Gasteiger partial charge in [0.1, 0.15) is 11.4 Å². The Morgan fingerprint density at radius 1 is 0.412 bits per heavy atom. The summed E-state index contributed by atoms with van der Waals surface area (Å²) in [6.07, 6.45) is 0.